The first kappa shape index (κ1) is 19.5. The van der Waals surface area contributed by atoms with E-state index in [1.54, 1.807) is 0 Å². The van der Waals surface area contributed by atoms with Gasteiger partial charge in [0, 0.05) is 26.7 Å². The summed E-state index contributed by atoms with van der Waals surface area (Å²) in [4.78, 5) is 4.67. The van der Waals surface area contributed by atoms with E-state index in [-0.39, 0.29) is 12.1 Å². The van der Waals surface area contributed by atoms with E-state index in [2.05, 4.69) is 50.4 Å². The SMILES string of the molecule is CCN(CC)Cc1cn([C@@H]2C[C@@H]3CN(c4nnc(N)s4)C[C@@H]3C[C@H]2OC)nn1. The summed E-state index contributed by atoms with van der Waals surface area (Å²) in [5.41, 5.74) is 6.79. The summed E-state index contributed by atoms with van der Waals surface area (Å²) in [5, 5.41) is 18.5. The zero-order valence-electron chi connectivity index (χ0n) is 16.9. The van der Waals surface area contributed by atoms with Gasteiger partial charge in [-0.25, -0.2) is 4.68 Å². The molecule has 28 heavy (non-hydrogen) atoms. The Morgan fingerprint density at radius 3 is 2.57 bits per heavy atom. The number of nitrogens with two attached hydrogens (primary N) is 1. The topological polar surface area (TPSA) is 98.2 Å². The molecule has 1 aliphatic heterocycles. The van der Waals surface area contributed by atoms with Crippen LogP contribution in [0.5, 0.6) is 0 Å². The standard InChI is InChI=1S/C18H30N8OS/c1-4-24(5-2)10-14-11-26(23-20-14)15-6-12-8-25(18-22-21-17(19)28-18)9-13(12)7-16(15)27-3/h11-13,15-16H,4-10H2,1-3H3,(H2,19,21)/t12-,13+,15-,16-/m1/s1. The van der Waals surface area contributed by atoms with Gasteiger partial charge in [0.15, 0.2) is 0 Å². The van der Waals surface area contributed by atoms with Crippen LogP contribution >= 0.6 is 11.3 Å². The number of nitrogen functional groups attached to an aromatic ring is 1. The van der Waals surface area contributed by atoms with Crippen molar-refractivity contribution in [1.29, 1.82) is 0 Å². The van der Waals surface area contributed by atoms with E-state index in [0.29, 0.717) is 17.0 Å². The molecule has 3 heterocycles. The van der Waals surface area contributed by atoms with Crippen molar-refractivity contribution in [2.75, 3.05) is 43.9 Å². The van der Waals surface area contributed by atoms with Gasteiger partial charge in [-0.3, -0.25) is 4.90 Å². The van der Waals surface area contributed by atoms with Crippen LogP contribution in [-0.4, -0.2) is 69.5 Å². The summed E-state index contributed by atoms with van der Waals surface area (Å²) in [6, 6.07) is 0.226. The molecule has 2 aromatic heterocycles. The molecule has 1 aliphatic carbocycles. The Morgan fingerprint density at radius 2 is 1.93 bits per heavy atom. The van der Waals surface area contributed by atoms with Crippen LogP contribution in [0.25, 0.3) is 0 Å². The van der Waals surface area contributed by atoms with E-state index in [9.17, 15) is 0 Å². The highest BCUT2D eigenvalue weighted by Gasteiger charge is 2.44. The van der Waals surface area contributed by atoms with Crippen molar-refractivity contribution >= 4 is 21.6 Å². The number of ether oxygens (including phenoxy) is 1. The van der Waals surface area contributed by atoms with Gasteiger partial charge in [-0.1, -0.05) is 30.4 Å². The zero-order valence-corrected chi connectivity index (χ0v) is 17.7. The molecule has 1 saturated heterocycles. The second kappa shape index (κ2) is 8.30. The van der Waals surface area contributed by atoms with Crippen LogP contribution in [0.4, 0.5) is 10.3 Å². The molecule has 0 unspecified atom stereocenters. The number of hydrogen-bond donors (Lipinski definition) is 1. The molecule has 9 nitrogen and oxygen atoms in total. The van der Waals surface area contributed by atoms with Gasteiger partial charge in [0.05, 0.1) is 24.0 Å². The molecular weight excluding hydrogens is 376 g/mol. The molecular formula is C18H30N8OS. The van der Waals surface area contributed by atoms with Gasteiger partial charge >= 0.3 is 0 Å². The number of methoxy groups -OCH3 is 1. The second-order valence-electron chi connectivity index (χ2n) is 7.81. The van der Waals surface area contributed by atoms with E-state index in [4.69, 9.17) is 10.5 Å². The molecule has 2 fully saturated rings. The molecule has 0 bridgehead atoms. The largest absolute Gasteiger partial charge is 0.379 e. The average molecular weight is 407 g/mol. The first-order valence-electron chi connectivity index (χ1n) is 10.1. The number of rotatable bonds is 7. The Balaban J connectivity index is 1.46. The van der Waals surface area contributed by atoms with Gasteiger partial charge in [-0.15, -0.1) is 15.3 Å². The van der Waals surface area contributed by atoms with Crippen LogP contribution in [0.2, 0.25) is 0 Å². The lowest BCUT2D eigenvalue weighted by Crippen LogP contribution is -2.37. The molecule has 1 saturated carbocycles. The number of anilines is 2. The first-order valence-corrected chi connectivity index (χ1v) is 10.9. The van der Waals surface area contributed by atoms with Crippen molar-refractivity contribution in [1.82, 2.24) is 30.1 Å². The Hall–Kier alpha value is -1.78. The highest BCUT2D eigenvalue weighted by molar-refractivity contribution is 7.18. The quantitative estimate of drug-likeness (QED) is 0.741. The normalized spacial score (nSPS) is 27.5. The van der Waals surface area contributed by atoms with Gasteiger partial charge in [0.25, 0.3) is 0 Å². The maximum Gasteiger partial charge on any atom is 0.210 e. The molecule has 0 aromatic carbocycles. The number of hydrogen-bond acceptors (Lipinski definition) is 9. The summed E-state index contributed by atoms with van der Waals surface area (Å²) < 4.78 is 7.92. The Morgan fingerprint density at radius 1 is 1.18 bits per heavy atom. The zero-order chi connectivity index (χ0) is 19.7. The van der Waals surface area contributed by atoms with Gasteiger partial charge in [0.1, 0.15) is 0 Å². The van der Waals surface area contributed by atoms with Gasteiger partial charge in [-0.2, -0.15) is 0 Å². The smallest absolute Gasteiger partial charge is 0.210 e. The van der Waals surface area contributed by atoms with E-state index >= 15 is 0 Å². The minimum absolute atomic E-state index is 0.156. The van der Waals surface area contributed by atoms with E-state index in [1.165, 1.54) is 11.3 Å². The maximum absolute atomic E-state index is 5.88. The van der Waals surface area contributed by atoms with E-state index in [0.717, 1.165) is 56.4 Å². The van der Waals surface area contributed by atoms with Gasteiger partial charge in [0.2, 0.25) is 10.3 Å². The van der Waals surface area contributed by atoms with Crippen molar-refractivity contribution in [2.24, 2.45) is 11.8 Å². The highest BCUT2D eigenvalue weighted by Crippen LogP contribution is 2.43. The third-order valence-corrected chi connectivity index (χ3v) is 7.08. The minimum Gasteiger partial charge on any atom is -0.379 e. The van der Waals surface area contributed by atoms with Crippen molar-refractivity contribution < 1.29 is 4.74 Å². The second-order valence-corrected chi connectivity index (χ2v) is 8.80. The fraction of sp³-hybridized carbons (Fsp3) is 0.778. The fourth-order valence-electron chi connectivity index (χ4n) is 4.66. The van der Waals surface area contributed by atoms with E-state index in [1.807, 2.05) is 11.8 Å². The summed E-state index contributed by atoms with van der Waals surface area (Å²) in [6.45, 7) is 9.22. The number of aromatic nitrogens is 5. The summed E-state index contributed by atoms with van der Waals surface area (Å²) >= 11 is 1.47. The Labute approximate surface area is 169 Å². The van der Waals surface area contributed by atoms with Crippen LogP contribution in [0.15, 0.2) is 6.20 Å². The van der Waals surface area contributed by atoms with Gasteiger partial charge in [-0.05, 0) is 37.8 Å². The van der Waals surface area contributed by atoms with Crippen molar-refractivity contribution in [3.8, 4) is 0 Å². The highest BCUT2D eigenvalue weighted by atomic mass is 32.1. The molecule has 2 aliphatic rings. The maximum atomic E-state index is 5.88. The van der Waals surface area contributed by atoms with E-state index < -0.39 is 0 Å². The van der Waals surface area contributed by atoms with Crippen LogP contribution in [0, 0.1) is 11.8 Å². The van der Waals surface area contributed by atoms with Gasteiger partial charge < -0.3 is 15.4 Å². The number of fused-ring (bicyclic) bond motifs is 1. The molecule has 2 N–H and O–H groups in total. The predicted octanol–water partition coefficient (Wildman–Crippen LogP) is 1.66. The van der Waals surface area contributed by atoms with Crippen molar-refractivity contribution in [3.05, 3.63) is 11.9 Å². The Bertz CT molecular complexity index is 775. The molecule has 10 heteroatoms. The Kier molecular flexibility index (Phi) is 5.79. The van der Waals surface area contributed by atoms with Crippen LogP contribution in [-0.2, 0) is 11.3 Å². The minimum atomic E-state index is 0.156. The van der Waals surface area contributed by atoms with Crippen LogP contribution in [0.3, 0.4) is 0 Å². The summed E-state index contributed by atoms with van der Waals surface area (Å²) in [6.07, 6.45) is 4.33. The lowest BCUT2D eigenvalue weighted by atomic mass is 9.77. The van der Waals surface area contributed by atoms with Crippen LogP contribution < -0.4 is 10.6 Å². The lowest BCUT2D eigenvalue weighted by Gasteiger charge is -2.36. The molecule has 0 radical (unpaired) electrons. The molecule has 4 atom stereocenters. The molecule has 0 spiro atoms. The summed E-state index contributed by atoms with van der Waals surface area (Å²) in [5.74, 6) is 1.20. The summed E-state index contributed by atoms with van der Waals surface area (Å²) in [7, 11) is 1.81. The van der Waals surface area contributed by atoms with Crippen LogP contribution in [0.1, 0.15) is 38.4 Å². The monoisotopic (exact) mass is 406 g/mol. The molecule has 0 amide bonds. The lowest BCUT2D eigenvalue weighted by molar-refractivity contribution is -0.00543. The predicted molar refractivity (Wildman–Crippen MR) is 109 cm³/mol. The van der Waals surface area contributed by atoms with Crippen molar-refractivity contribution in [3.63, 3.8) is 0 Å². The molecule has 154 valence electrons. The average Bonchev–Trinajstić information content (AvgIpc) is 3.43. The number of nitrogens with zero attached hydrogens (tertiary/aromatic N) is 7. The third-order valence-electron chi connectivity index (χ3n) is 6.27. The fourth-order valence-corrected chi connectivity index (χ4v) is 5.29. The van der Waals surface area contributed by atoms with Crippen molar-refractivity contribution in [2.45, 2.75) is 45.4 Å². The molecule has 2 aromatic rings. The molecule has 4 rings (SSSR count). The third kappa shape index (κ3) is 3.85. The first-order chi connectivity index (χ1) is 13.6.